The van der Waals surface area contributed by atoms with Crippen LogP contribution in [0.2, 0.25) is 15.1 Å². The van der Waals surface area contributed by atoms with Crippen molar-refractivity contribution >= 4 is 41.1 Å². The van der Waals surface area contributed by atoms with Gasteiger partial charge in [-0.2, -0.15) is 0 Å². The van der Waals surface area contributed by atoms with E-state index in [0.717, 1.165) is 0 Å². The van der Waals surface area contributed by atoms with E-state index in [0.29, 0.717) is 33.3 Å². The minimum atomic E-state index is 0.282. The second-order valence-electron chi connectivity index (χ2n) is 3.29. The molecule has 2 nitrogen and oxygen atoms in total. The molecule has 1 aromatic heterocycles. The van der Waals surface area contributed by atoms with Crippen molar-refractivity contribution in [2.24, 2.45) is 0 Å². The first-order chi connectivity index (χ1) is 8.13. The number of rotatable bonds is 2. The Morgan fingerprint density at radius 3 is 2.47 bits per heavy atom. The van der Waals surface area contributed by atoms with Crippen molar-refractivity contribution in [2.45, 2.75) is 0 Å². The monoisotopic (exact) mass is 285 g/mol. The Hall–Kier alpha value is -1.09. The zero-order valence-electron chi connectivity index (χ0n) is 8.45. The molecule has 2 aromatic rings. The van der Waals surface area contributed by atoms with Crippen molar-refractivity contribution in [3.8, 4) is 11.3 Å². The van der Waals surface area contributed by atoms with Gasteiger partial charge < -0.3 is 0 Å². The van der Waals surface area contributed by atoms with Crippen molar-refractivity contribution in [3.63, 3.8) is 0 Å². The summed E-state index contributed by atoms with van der Waals surface area (Å²) in [5, 5.41) is 0.991. The minimum absolute atomic E-state index is 0.282. The van der Waals surface area contributed by atoms with Gasteiger partial charge in [0.1, 0.15) is 5.69 Å². The molecule has 0 saturated carbocycles. The van der Waals surface area contributed by atoms with Crippen LogP contribution in [0.15, 0.2) is 30.3 Å². The number of aromatic nitrogens is 1. The fraction of sp³-hybridized carbons (Fsp3) is 0. The number of benzene rings is 1. The molecule has 0 radical (unpaired) electrons. The number of nitrogens with zero attached hydrogens (tertiary/aromatic N) is 1. The van der Waals surface area contributed by atoms with Gasteiger partial charge in [0.05, 0.1) is 20.8 Å². The zero-order valence-corrected chi connectivity index (χ0v) is 10.7. The lowest BCUT2D eigenvalue weighted by Crippen LogP contribution is -1.90. The first-order valence-corrected chi connectivity index (χ1v) is 5.83. The topological polar surface area (TPSA) is 30.0 Å². The predicted molar refractivity (Wildman–Crippen MR) is 70.1 cm³/mol. The lowest BCUT2D eigenvalue weighted by molar-refractivity contribution is 0.111. The summed E-state index contributed by atoms with van der Waals surface area (Å²) in [6, 6.07) is 8.44. The maximum atomic E-state index is 10.7. The third kappa shape index (κ3) is 2.44. The third-order valence-corrected chi connectivity index (χ3v) is 3.50. The number of halogens is 3. The van der Waals surface area contributed by atoms with E-state index >= 15 is 0 Å². The molecular formula is C12H6Cl3NO. The molecule has 5 heteroatoms. The number of aldehydes is 1. The first-order valence-electron chi connectivity index (χ1n) is 4.69. The smallest absolute Gasteiger partial charge is 0.168 e. The third-order valence-electron chi connectivity index (χ3n) is 2.20. The van der Waals surface area contributed by atoms with Crippen molar-refractivity contribution in [2.75, 3.05) is 0 Å². The maximum Gasteiger partial charge on any atom is 0.168 e. The van der Waals surface area contributed by atoms with Crippen LogP contribution in [-0.2, 0) is 0 Å². The van der Waals surface area contributed by atoms with Gasteiger partial charge >= 0.3 is 0 Å². The number of carbonyl (C=O) groups is 1. The summed E-state index contributed by atoms with van der Waals surface area (Å²) >= 11 is 17.9. The molecule has 0 aliphatic rings. The molecule has 0 aliphatic heterocycles. The summed E-state index contributed by atoms with van der Waals surface area (Å²) < 4.78 is 0. The SMILES string of the molecule is O=Cc1cccc(-c2ccc(Cl)c(Cl)c2Cl)n1. The van der Waals surface area contributed by atoms with Gasteiger partial charge in [-0.05, 0) is 24.3 Å². The van der Waals surface area contributed by atoms with Crippen LogP contribution in [-0.4, -0.2) is 11.3 Å². The van der Waals surface area contributed by atoms with Gasteiger partial charge in [0.15, 0.2) is 6.29 Å². The fourth-order valence-electron chi connectivity index (χ4n) is 1.39. The summed E-state index contributed by atoms with van der Waals surface area (Å²) in [5.74, 6) is 0. The second-order valence-corrected chi connectivity index (χ2v) is 4.45. The van der Waals surface area contributed by atoms with E-state index in [9.17, 15) is 4.79 Å². The normalized spacial score (nSPS) is 10.3. The Morgan fingerprint density at radius 2 is 1.76 bits per heavy atom. The van der Waals surface area contributed by atoms with E-state index in [4.69, 9.17) is 34.8 Å². The van der Waals surface area contributed by atoms with Gasteiger partial charge in [-0.15, -0.1) is 0 Å². The van der Waals surface area contributed by atoms with Crippen molar-refractivity contribution in [1.82, 2.24) is 4.98 Å². The van der Waals surface area contributed by atoms with E-state index < -0.39 is 0 Å². The van der Waals surface area contributed by atoms with Crippen LogP contribution in [0.5, 0.6) is 0 Å². The van der Waals surface area contributed by atoms with Gasteiger partial charge in [-0.1, -0.05) is 40.9 Å². The summed E-state index contributed by atoms with van der Waals surface area (Å²) in [5.41, 5.74) is 1.56. The molecule has 17 heavy (non-hydrogen) atoms. The molecule has 0 saturated heterocycles. The van der Waals surface area contributed by atoms with Crippen LogP contribution in [0.4, 0.5) is 0 Å². The summed E-state index contributed by atoms with van der Waals surface area (Å²) in [4.78, 5) is 14.8. The molecule has 0 spiro atoms. The lowest BCUT2D eigenvalue weighted by atomic mass is 10.1. The molecule has 86 valence electrons. The van der Waals surface area contributed by atoms with Crippen molar-refractivity contribution in [3.05, 3.63) is 51.1 Å². The van der Waals surface area contributed by atoms with Gasteiger partial charge in [-0.25, -0.2) is 4.98 Å². The highest BCUT2D eigenvalue weighted by molar-refractivity contribution is 6.49. The Bertz CT molecular complexity index is 584. The van der Waals surface area contributed by atoms with Crippen LogP contribution in [0.25, 0.3) is 11.3 Å². The first kappa shape index (κ1) is 12.4. The van der Waals surface area contributed by atoms with Gasteiger partial charge in [0, 0.05) is 5.56 Å². The number of carbonyl (C=O) groups excluding carboxylic acids is 1. The standard InChI is InChI=1S/C12H6Cl3NO/c13-9-5-4-8(11(14)12(9)15)10-3-1-2-7(6-17)16-10/h1-6H. The summed E-state index contributed by atoms with van der Waals surface area (Å²) in [7, 11) is 0. The highest BCUT2D eigenvalue weighted by atomic mass is 35.5. The van der Waals surface area contributed by atoms with E-state index in [2.05, 4.69) is 4.98 Å². The minimum Gasteiger partial charge on any atom is -0.296 e. The van der Waals surface area contributed by atoms with E-state index in [1.165, 1.54) is 0 Å². The Kier molecular flexibility index (Phi) is 3.67. The molecule has 0 aliphatic carbocycles. The highest BCUT2D eigenvalue weighted by Gasteiger charge is 2.11. The average Bonchev–Trinajstić information content (AvgIpc) is 2.36. The quantitative estimate of drug-likeness (QED) is 0.600. The van der Waals surface area contributed by atoms with Crippen LogP contribution in [0.1, 0.15) is 10.5 Å². The summed E-state index contributed by atoms with van der Waals surface area (Å²) in [6.07, 6.45) is 0.676. The van der Waals surface area contributed by atoms with Gasteiger partial charge in [-0.3, -0.25) is 4.79 Å². The van der Waals surface area contributed by atoms with Crippen LogP contribution in [0, 0.1) is 0 Å². The molecule has 0 unspecified atom stereocenters. The number of pyridine rings is 1. The van der Waals surface area contributed by atoms with Gasteiger partial charge in [0.25, 0.3) is 0 Å². The van der Waals surface area contributed by atoms with Crippen LogP contribution in [0.3, 0.4) is 0 Å². The Balaban J connectivity index is 2.60. The molecule has 0 N–H and O–H groups in total. The molecule has 2 rings (SSSR count). The maximum absolute atomic E-state index is 10.7. The molecule has 1 heterocycles. The average molecular weight is 287 g/mol. The molecule has 0 atom stereocenters. The Morgan fingerprint density at radius 1 is 1.00 bits per heavy atom. The fourth-order valence-corrected chi connectivity index (χ4v) is 2.02. The molecule has 0 amide bonds. The molecule has 1 aromatic carbocycles. The lowest BCUT2D eigenvalue weighted by Gasteiger charge is -2.06. The van der Waals surface area contributed by atoms with Gasteiger partial charge in [0.2, 0.25) is 0 Å². The van der Waals surface area contributed by atoms with Crippen LogP contribution >= 0.6 is 34.8 Å². The molecular weight excluding hydrogens is 280 g/mol. The number of hydrogen-bond acceptors (Lipinski definition) is 2. The molecule has 0 bridgehead atoms. The van der Waals surface area contributed by atoms with Crippen LogP contribution < -0.4 is 0 Å². The van der Waals surface area contributed by atoms with E-state index in [1.54, 1.807) is 30.3 Å². The van der Waals surface area contributed by atoms with E-state index in [-0.39, 0.29) is 5.02 Å². The number of hydrogen-bond donors (Lipinski definition) is 0. The molecule has 0 fully saturated rings. The Labute approximate surface area is 113 Å². The predicted octanol–water partition coefficient (Wildman–Crippen LogP) is 4.52. The van der Waals surface area contributed by atoms with Crippen molar-refractivity contribution < 1.29 is 4.79 Å². The van der Waals surface area contributed by atoms with Crippen molar-refractivity contribution in [1.29, 1.82) is 0 Å². The highest BCUT2D eigenvalue weighted by Crippen LogP contribution is 2.37. The second kappa shape index (κ2) is 5.05. The summed E-state index contributed by atoms with van der Waals surface area (Å²) in [6.45, 7) is 0. The largest absolute Gasteiger partial charge is 0.296 e. The van der Waals surface area contributed by atoms with E-state index in [1.807, 2.05) is 0 Å². The zero-order chi connectivity index (χ0) is 12.4.